The van der Waals surface area contributed by atoms with E-state index in [9.17, 15) is 5.11 Å². The maximum absolute atomic E-state index is 9.46. The van der Waals surface area contributed by atoms with Gasteiger partial charge in [0.15, 0.2) is 11.5 Å². The lowest BCUT2D eigenvalue weighted by Gasteiger charge is -2.08. The van der Waals surface area contributed by atoms with Crippen LogP contribution in [0.1, 0.15) is 29.3 Å². The van der Waals surface area contributed by atoms with Gasteiger partial charge in [0.1, 0.15) is 0 Å². The second-order valence-electron chi connectivity index (χ2n) is 4.21. The predicted molar refractivity (Wildman–Crippen MR) is 75.1 cm³/mol. The molecule has 0 amide bonds. The number of benzene rings is 1. The van der Waals surface area contributed by atoms with Gasteiger partial charge < -0.3 is 14.6 Å². The first-order valence-corrected chi connectivity index (χ1v) is 6.85. The van der Waals surface area contributed by atoms with E-state index in [1.165, 1.54) is 0 Å². The molecule has 0 aliphatic rings. The molecule has 0 spiro atoms. The number of hydrogen-bond acceptors (Lipinski definition) is 5. The lowest BCUT2D eigenvalue weighted by Crippen LogP contribution is -1.95. The maximum atomic E-state index is 9.46. The average Bonchev–Trinajstić information content (AvgIpc) is 2.87. The van der Waals surface area contributed by atoms with Crippen LogP contribution >= 0.6 is 11.3 Å². The van der Waals surface area contributed by atoms with Gasteiger partial charge in [-0.3, -0.25) is 0 Å². The summed E-state index contributed by atoms with van der Waals surface area (Å²) in [5.74, 6) is 1.43. The number of ether oxygens (including phenoxy) is 2. The Morgan fingerprint density at radius 3 is 2.58 bits per heavy atom. The predicted octanol–water partition coefficient (Wildman–Crippen LogP) is 2.80. The number of rotatable bonds is 5. The van der Waals surface area contributed by atoms with Gasteiger partial charge >= 0.3 is 0 Å². The Kier molecular flexibility index (Phi) is 4.39. The van der Waals surface area contributed by atoms with Crippen LogP contribution in [0.2, 0.25) is 0 Å². The number of aliphatic hydroxyl groups excluding tert-OH is 1. The summed E-state index contributed by atoms with van der Waals surface area (Å²) in [5, 5.41) is 12.3. The minimum absolute atomic E-state index is 0.518. The standard InChI is InChI=1S/C14H17NO3S/c1-9(16)11-8-19-14(15-11)7-10-4-5-12(17-2)13(6-10)18-3/h4-6,8-9,16H,7H2,1-3H3. The largest absolute Gasteiger partial charge is 0.493 e. The van der Waals surface area contributed by atoms with Gasteiger partial charge in [-0.1, -0.05) is 6.07 Å². The van der Waals surface area contributed by atoms with Crippen LogP contribution in [0, 0.1) is 0 Å². The first-order chi connectivity index (χ1) is 9.13. The molecule has 0 saturated heterocycles. The number of hydrogen-bond donors (Lipinski definition) is 1. The van der Waals surface area contributed by atoms with Gasteiger partial charge in [-0.2, -0.15) is 0 Å². The van der Waals surface area contributed by atoms with Crippen molar-refractivity contribution >= 4 is 11.3 Å². The molecule has 2 rings (SSSR count). The number of thiazole rings is 1. The van der Waals surface area contributed by atoms with Crippen LogP contribution in [0.25, 0.3) is 0 Å². The van der Waals surface area contributed by atoms with Crippen molar-refractivity contribution in [1.82, 2.24) is 4.98 Å². The summed E-state index contributed by atoms with van der Waals surface area (Å²) in [6, 6.07) is 5.82. The molecule has 1 aromatic heterocycles. The molecular weight excluding hydrogens is 262 g/mol. The van der Waals surface area contributed by atoms with Crippen molar-refractivity contribution in [3.8, 4) is 11.5 Å². The summed E-state index contributed by atoms with van der Waals surface area (Å²) in [7, 11) is 3.24. The van der Waals surface area contributed by atoms with E-state index in [-0.39, 0.29) is 0 Å². The third kappa shape index (κ3) is 3.24. The van der Waals surface area contributed by atoms with Gasteiger partial charge in [-0.15, -0.1) is 11.3 Å². The molecule has 0 aliphatic heterocycles. The summed E-state index contributed by atoms with van der Waals surface area (Å²) in [6.45, 7) is 1.72. The highest BCUT2D eigenvalue weighted by molar-refractivity contribution is 7.09. The Balaban J connectivity index is 2.18. The van der Waals surface area contributed by atoms with Crippen LogP contribution in [0.5, 0.6) is 11.5 Å². The summed E-state index contributed by atoms with van der Waals surface area (Å²) in [5.41, 5.74) is 1.82. The van der Waals surface area contributed by atoms with Gasteiger partial charge in [0.05, 0.1) is 31.0 Å². The summed E-state index contributed by atoms with van der Waals surface area (Å²) >= 11 is 1.55. The van der Waals surface area contributed by atoms with E-state index in [2.05, 4.69) is 4.98 Å². The number of aliphatic hydroxyl groups is 1. The highest BCUT2D eigenvalue weighted by Gasteiger charge is 2.09. The summed E-state index contributed by atoms with van der Waals surface area (Å²) in [6.07, 6.45) is 0.202. The molecule has 4 nitrogen and oxygen atoms in total. The molecular formula is C14H17NO3S. The molecule has 102 valence electrons. The Bertz CT molecular complexity index is 551. The molecule has 19 heavy (non-hydrogen) atoms. The van der Waals surface area contributed by atoms with Crippen LogP contribution in [-0.2, 0) is 6.42 Å². The van der Waals surface area contributed by atoms with Crippen molar-refractivity contribution in [2.75, 3.05) is 14.2 Å². The van der Waals surface area contributed by atoms with Crippen LogP contribution in [0.4, 0.5) is 0 Å². The second kappa shape index (κ2) is 6.04. The van der Waals surface area contributed by atoms with Crippen LogP contribution < -0.4 is 9.47 Å². The van der Waals surface area contributed by atoms with Crippen molar-refractivity contribution in [1.29, 1.82) is 0 Å². The molecule has 1 atom stereocenters. The Hall–Kier alpha value is -1.59. The zero-order valence-corrected chi connectivity index (χ0v) is 12.0. The van der Waals surface area contributed by atoms with Gasteiger partial charge in [-0.05, 0) is 24.6 Å². The topological polar surface area (TPSA) is 51.6 Å². The first-order valence-electron chi connectivity index (χ1n) is 5.97. The van der Waals surface area contributed by atoms with Crippen molar-refractivity contribution in [3.05, 3.63) is 39.8 Å². The zero-order valence-electron chi connectivity index (χ0n) is 11.2. The van der Waals surface area contributed by atoms with E-state index < -0.39 is 6.10 Å². The molecule has 0 radical (unpaired) electrons. The van der Waals surface area contributed by atoms with Crippen LogP contribution in [-0.4, -0.2) is 24.3 Å². The molecule has 0 saturated carbocycles. The summed E-state index contributed by atoms with van der Waals surface area (Å²) < 4.78 is 10.5. The molecule has 1 N–H and O–H groups in total. The van der Waals surface area contributed by atoms with Crippen LogP contribution in [0.3, 0.4) is 0 Å². The molecule has 0 fully saturated rings. The Morgan fingerprint density at radius 2 is 2.00 bits per heavy atom. The van der Waals surface area contributed by atoms with Gasteiger partial charge in [-0.25, -0.2) is 4.98 Å². The Labute approximate surface area is 116 Å². The fourth-order valence-electron chi connectivity index (χ4n) is 1.76. The van der Waals surface area contributed by atoms with Crippen molar-refractivity contribution < 1.29 is 14.6 Å². The number of nitrogens with zero attached hydrogens (tertiary/aromatic N) is 1. The zero-order chi connectivity index (χ0) is 13.8. The Morgan fingerprint density at radius 1 is 1.26 bits per heavy atom. The fraction of sp³-hybridized carbons (Fsp3) is 0.357. The van der Waals surface area contributed by atoms with Crippen LogP contribution in [0.15, 0.2) is 23.6 Å². The minimum atomic E-state index is -0.518. The van der Waals surface area contributed by atoms with E-state index >= 15 is 0 Å². The molecule has 2 aromatic rings. The highest BCUT2D eigenvalue weighted by atomic mass is 32.1. The second-order valence-corrected chi connectivity index (χ2v) is 5.15. The molecule has 0 bridgehead atoms. The SMILES string of the molecule is COc1ccc(Cc2nc(C(C)O)cs2)cc1OC. The molecule has 1 aromatic carbocycles. The van der Waals surface area contributed by atoms with E-state index in [1.54, 1.807) is 32.5 Å². The van der Waals surface area contributed by atoms with Gasteiger partial charge in [0.25, 0.3) is 0 Å². The van der Waals surface area contributed by atoms with E-state index in [0.717, 1.165) is 28.4 Å². The number of aromatic nitrogens is 1. The monoisotopic (exact) mass is 279 g/mol. The lowest BCUT2D eigenvalue weighted by atomic mass is 10.1. The van der Waals surface area contributed by atoms with Gasteiger partial charge in [0.2, 0.25) is 0 Å². The summed E-state index contributed by atoms with van der Waals surface area (Å²) in [4.78, 5) is 4.40. The maximum Gasteiger partial charge on any atom is 0.160 e. The smallest absolute Gasteiger partial charge is 0.160 e. The van der Waals surface area contributed by atoms with Crippen molar-refractivity contribution in [2.45, 2.75) is 19.4 Å². The van der Waals surface area contributed by atoms with Crippen molar-refractivity contribution in [2.24, 2.45) is 0 Å². The fourth-order valence-corrected chi connectivity index (χ4v) is 2.68. The minimum Gasteiger partial charge on any atom is -0.493 e. The molecule has 1 unspecified atom stereocenters. The third-order valence-corrected chi connectivity index (χ3v) is 3.67. The molecule has 1 heterocycles. The van der Waals surface area contributed by atoms with Crippen molar-refractivity contribution in [3.63, 3.8) is 0 Å². The highest BCUT2D eigenvalue weighted by Crippen LogP contribution is 2.29. The lowest BCUT2D eigenvalue weighted by molar-refractivity contribution is 0.195. The normalized spacial score (nSPS) is 12.2. The van der Waals surface area contributed by atoms with E-state index in [4.69, 9.17) is 9.47 Å². The van der Waals surface area contributed by atoms with E-state index in [1.807, 2.05) is 23.6 Å². The third-order valence-electron chi connectivity index (χ3n) is 2.80. The average molecular weight is 279 g/mol. The molecule has 5 heteroatoms. The molecule has 0 aliphatic carbocycles. The first kappa shape index (κ1) is 13.8. The van der Waals surface area contributed by atoms with Gasteiger partial charge in [0, 0.05) is 11.8 Å². The van der Waals surface area contributed by atoms with E-state index in [0.29, 0.717) is 5.75 Å². The quantitative estimate of drug-likeness (QED) is 0.914. The number of methoxy groups -OCH3 is 2.